The predicted molar refractivity (Wildman–Crippen MR) is 78.8 cm³/mol. The molecule has 0 aliphatic heterocycles. The van der Waals surface area contributed by atoms with E-state index in [1.165, 1.54) is 4.88 Å². The van der Waals surface area contributed by atoms with Crippen molar-refractivity contribution in [1.29, 1.82) is 0 Å². The maximum Gasteiger partial charge on any atom is 0.157 e. The smallest absolute Gasteiger partial charge is 0.157 e. The van der Waals surface area contributed by atoms with Gasteiger partial charge in [0.15, 0.2) is 5.65 Å². The number of anilines is 1. The van der Waals surface area contributed by atoms with E-state index >= 15 is 0 Å². The molecule has 0 aromatic carbocycles. The summed E-state index contributed by atoms with van der Waals surface area (Å²) in [4.78, 5) is 5.89. The van der Waals surface area contributed by atoms with Crippen LogP contribution in [0.25, 0.3) is 5.65 Å². The molecule has 3 rings (SSSR count). The van der Waals surface area contributed by atoms with E-state index in [-0.39, 0.29) is 5.41 Å². The Kier molecular flexibility index (Phi) is 2.98. The Balaban J connectivity index is 1.75. The van der Waals surface area contributed by atoms with Gasteiger partial charge in [-0.15, -0.1) is 11.3 Å². The highest BCUT2D eigenvalue weighted by Crippen LogP contribution is 2.27. The first-order valence-electron chi connectivity index (χ1n) is 6.23. The second-order valence-corrected chi connectivity index (χ2v) is 6.11. The van der Waals surface area contributed by atoms with Crippen molar-refractivity contribution in [2.24, 2.45) is 0 Å². The van der Waals surface area contributed by atoms with Crippen LogP contribution >= 0.6 is 11.3 Å². The van der Waals surface area contributed by atoms with Crippen molar-refractivity contribution in [3.05, 3.63) is 46.9 Å². The zero-order chi connectivity index (χ0) is 13.3. The van der Waals surface area contributed by atoms with E-state index in [9.17, 15) is 0 Å². The Labute approximate surface area is 116 Å². The van der Waals surface area contributed by atoms with Crippen LogP contribution in [0.15, 0.2) is 42.0 Å². The summed E-state index contributed by atoms with van der Waals surface area (Å²) >= 11 is 1.79. The van der Waals surface area contributed by atoms with E-state index in [1.807, 2.05) is 18.3 Å². The lowest BCUT2D eigenvalue weighted by molar-refractivity contribution is 0.568. The van der Waals surface area contributed by atoms with E-state index in [4.69, 9.17) is 0 Å². The molecule has 5 heteroatoms. The molecule has 0 saturated carbocycles. The molecule has 3 aromatic rings. The molecule has 0 spiro atoms. The van der Waals surface area contributed by atoms with Crippen LogP contribution in [-0.4, -0.2) is 21.1 Å². The van der Waals surface area contributed by atoms with Gasteiger partial charge in [-0.05, 0) is 17.5 Å². The number of rotatable bonds is 4. The highest BCUT2D eigenvalue weighted by molar-refractivity contribution is 7.10. The SMILES string of the molecule is CC(C)(CNc1ccn2nccc2n1)c1cccs1. The molecule has 0 atom stereocenters. The molecule has 0 bridgehead atoms. The number of nitrogens with one attached hydrogen (secondary N) is 1. The Bertz CT molecular complexity index is 670. The van der Waals surface area contributed by atoms with Gasteiger partial charge in [0, 0.05) is 29.1 Å². The summed E-state index contributed by atoms with van der Waals surface area (Å²) < 4.78 is 1.76. The van der Waals surface area contributed by atoms with Crippen molar-refractivity contribution in [1.82, 2.24) is 14.6 Å². The number of aromatic nitrogens is 3. The summed E-state index contributed by atoms with van der Waals surface area (Å²) in [5.41, 5.74) is 0.960. The summed E-state index contributed by atoms with van der Waals surface area (Å²) in [6.07, 6.45) is 3.67. The molecule has 3 aromatic heterocycles. The largest absolute Gasteiger partial charge is 0.369 e. The summed E-state index contributed by atoms with van der Waals surface area (Å²) in [7, 11) is 0. The first kappa shape index (κ1) is 12.2. The summed E-state index contributed by atoms with van der Waals surface area (Å²) in [5, 5.41) is 9.67. The Morgan fingerprint density at radius 1 is 1.32 bits per heavy atom. The number of hydrogen-bond acceptors (Lipinski definition) is 4. The quantitative estimate of drug-likeness (QED) is 0.793. The maximum atomic E-state index is 4.51. The highest BCUT2D eigenvalue weighted by atomic mass is 32.1. The molecule has 19 heavy (non-hydrogen) atoms. The van der Waals surface area contributed by atoms with Gasteiger partial charge in [-0.1, -0.05) is 19.9 Å². The van der Waals surface area contributed by atoms with Gasteiger partial charge in [0.25, 0.3) is 0 Å². The van der Waals surface area contributed by atoms with Crippen LogP contribution in [0.3, 0.4) is 0 Å². The van der Waals surface area contributed by atoms with Gasteiger partial charge in [0.05, 0.1) is 6.20 Å². The molecule has 0 radical (unpaired) electrons. The van der Waals surface area contributed by atoms with Gasteiger partial charge in [-0.2, -0.15) is 5.10 Å². The standard InChI is InChI=1S/C14H16N4S/c1-14(2,11-4-3-9-19-11)10-15-12-6-8-18-13(17-12)5-7-16-18/h3-9H,10H2,1-2H3,(H,15,17). The maximum absolute atomic E-state index is 4.51. The van der Waals surface area contributed by atoms with Gasteiger partial charge in [0.1, 0.15) is 5.82 Å². The van der Waals surface area contributed by atoms with E-state index in [1.54, 1.807) is 22.0 Å². The molecular formula is C14H16N4S. The van der Waals surface area contributed by atoms with Gasteiger partial charge < -0.3 is 5.32 Å². The Hall–Kier alpha value is -1.88. The fourth-order valence-electron chi connectivity index (χ4n) is 1.97. The molecule has 3 heterocycles. The van der Waals surface area contributed by atoms with Crippen molar-refractivity contribution >= 4 is 22.8 Å². The molecule has 0 fully saturated rings. The van der Waals surface area contributed by atoms with Crippen LogP contribution in [0.4, 0.5) is 5.82 Å². The predicted octanol–water partition coefficient (Wildman–Crippen LogP) is 3.18. The zero-order valence-electron chi connectivity index (χ0n) is 11.0. The van der Waals surface area contributed by atoms with Crippen LogP contribution in [-0.2, 0) is 5.41 Å². The van der Waals surface area contributed by atoms with Gasteiger partial charge >= 0.3 is 0 Å². The van der Waals surface area contributed by atoms with E-state index in [0.29, 0.717) is 0 Å². The summed E-state index contributed by atoms with van der Waals surface area (Å²) in [6, 6.07) is 8.12. The number of fused-ring (bicyclic) bond motifs is 1. The first-order valence-corrected chi connectivity index (χ1v) is 7.11. The average Bonchev–Trinajstić information content (AvgIpc) is 3.07. The first-order chi connectivity index (χ1) is 9.15. The van der Waals surface area contributed by atoms with Crippen molar-refractivity contribution in [2.45, 2.75) is 19.3 Å². The number of thiophene rings is 1. The second-order valence-electron chi connectivity index (χ2n) is 5.16. The van der Waals surface area contributed by atoms with Crippen molar-refractivity contribution in [3.63, 3.8) is 0 Å². The van der Waals surface area contributed by atoms with Gasteiger partial charge in [-0.3, -0.25) is 0 Å². The van der Waals surface area contributed by atoms with Gasteiger partial charge in [-0.25, -0.2) is 9.50 Å². The summed E-state index contributed by atoms with van der Waals surface area (Å²) in [5.74, 6) is 0.887. The van der Waals surface area contributed by atoms with Gasteiger partial charge in [0.2, 0.25) is 0 Å². The number of hydrogen-bond donors (Lipinski definition) is 1. The monoisotopic (exact) mass is 272 g/mol. The fourth-order valence-corrected chi connectivity index (χ4v) is 2.83. The lowest BCUT2D eigenvalue weighted by Crippen LogP contribution is -2.26. The molecule has 98 valence electrons. The molecule has 0 aliphatic carbocycles. The molecule has 0 aliphatic rings. The minimum atomic E-state index is 0.0994. The molecular weight excluding hydrogens is 256 g/mol. The lowest BCUT2D eigenvalue weighted by atomic mass is 9.91. The average molecular weight is 272 g/mol. The lowest BCUT2D eigenvalue weighted by Gasteiger charge is -2.23. The molecule has 0 unspecified atom stereocenters. The van der Waals surface area contributed by atoms with E-state index in [2.05, 4.69) is 46.8 Å². The second kappa shape index (κ2) is 4.66. The molecule has 0 amide bonds. The van der Waals surface area contributed by atoms with Crippen LogP contribution in [0, 0.1) is 0 Å². The molecule has 1 N–H and O–H groups in total. The van der Waals surface area contributed by atoms with Crippen LogP contribution in [0.2, 0.25) is 0 Å². The molecule has 0 saturated heterocycles. The van der Waals surface area contributed by atoms with Crippen molar-refractivity contribution in [2.75, 3.05) is 11.9 Å². The number of nitrogens with zero attached hydrogens (tertiary/aromatic N) is 3. The van der Waals surface area contributed by atoms with Crippen molar-refractivity contribution in [3.8, 4) is 0 Å². The summed E-state index contributed by atoms with van der Waals surface area (Å²) in [6.45, 7) is 5.33. The van der Waals surface area contributed by atoms with Crippen LogP contribution in [0.5, 0.6) is 0 Å². The Morgan fingerprint density at radius 2 is 2.21 bits per heavy atom. The molecule has 4 nitrogen and oxygen atoms in total. The van der Waals surface area contributed by atoms with Crippen molar-refractivity contribution < 1.29 is 0 Å². The third-order valence-corrected chi connectivity index (χ3v) is 4.39. The fraction of sp³-hybridized carbons (Fsp3) is 0.286. The third kappa shape index (κ3) is 2.46. The van der Waals surface area contributed by atoms with E-state index < -0.39 is 0 Å². The minimum Gasteiger partial charge on any atom is -0.369 e. The highest BCUT2D eigenvalue weighted by Gasteiger charge is 2.21. The topological polar surface area (TPSA) is 42.2 Å². The third-order valence-electron chi connectivity index (χ3n) is 3.16. The zero-order valence-corrected chi connectivity index (χ0v) is 11.8. The minimum absolute atomic E-state index is 0.0994. The normalized spacial score (nSPS) is 11.9. The van der Waals surface area contributed by atoms with E-state index in [0.717, 1.165) is 18.0 Å². The van der Waals surface area contributed by atoms with Crippen LogP contribution < -0.4 is 5.32 Å². The van der Waals surface area contributed by atoms with Crippen LogP contribution in [0.1, 0.15) is 18.7 Å². The Morgan fingerprint density at radius 3 is 3.00 bits per heavy atom.